The fourth-order valence-corrected chi connectivity index (χ4v) is 4.69. The first-order valence-electron chi connectivity index (χ1n) is 10.8. The Bertz CT molecular complexity index is 1250. The molecule has 0 spiro atoms. The second-order valence-electron chi connectivity index (χ2n) is 7.56. The Hall–Kier alpha value is -3.52. The van der Waals surface area contributed by atoms with Gasteiger partial charge in [-0.15, -0.1) is 0 Å². The van der Waals surface area contributed by atoms with Crippen LogP contribution in [0.5, 0.6) is 0 Å². The standard InChI is InChI=1S/2C14H13N/c2*1-2-15-13-9-5-3-7-11(13)12-8-4-6-10-14(12)15/h2*3-10H,2H2,1H3. The molecule has 0 radical (unpaired) electrons. The van der Waals surface area contributed by atoms with Gasteiger partial charge in [0.05, 0.1) is 0 Å². The highest BCUT2D eigenvalue weighted by molar-refractivity contribution is 6.08. The largest absolute Gasteiger partial charge is 0.341 e. The molecule has 6 rings (SSSR count). The molecule has 0 bridgehead atoms. The first-order chi connectivity index (χ1) is 14.8. The molecule has 0 amide bonds. The van der Waals surface area contributed by atoms with Gasteiger partial charge in [-0.2, -0.15) is 0 Å². The SMILES string of the molecule is CCn1c2ccccc2c2ccccc21.CCn1c2ccccc2c2ccccc21. The molecule has 2 heteroatoms. The van der Waals surface area contributed by atoms with Gasteiger partial charge >= 0.3 is 0 Å². The third kappa shape index (κ3) is 2.88. The van der Waals surface area contributed by atoms with Crippen LogP contribution >= 0.6 is 0 Å². The van der Waals surface area contributed by atoms with Crippen molar-refractivity contribution in [1.29, 1.82) is 0 Å². The van der Waals surface area contributed by atoms with E-state index in [0.29, 0.717) is 0 Å². The average Bonchev–Trinajstić information content (AvgIpc) is 3.32. The second-order valence-corrected chi connectivity index (χ2v) is 7.56. The fourth-order valence-electron chi connectivity index (χ4n) is 4.69. The van der Waals surface area contributed by atoms with Crippen molar-refractivity contribution in [2.75, 3.05) is 0 Å². The number of benzene rings is 4. The third-order valence-electron chi connectivity index (χ3n) is 5.99. The quantitative estimate of drug-likeness (QED) is 0.288. The number of aryl methyl sites for hydroxylation is 2. The van der Waals surface area contributed by atoms with Gasteiger partial charge in [0.2, 0.25) is 0 Å². The Morgan fingerprint density at radius 1 is 0.400 bits per heavy atom. The summed E-state index contributed by atoms with van der Waals surface area (Å²) in [5.41, 5.74) is 5.34. The highest BCUT2D eigenvalue weighted by Crippen LogP contribution is 2.29. The summed E-state index contributed by atoms with van der Waals surface area (Å²) >= 11 is 0. The van der Waals surface area contributed by atoms with E-state index >= 15 is 0 Å². The summed E-state index contributed by atoms with van der Waals surface area (Å²) in [6.07, 6.45) is 0. The van der Waals surface area contributed by atoms with Crippen LogP contribution in [0.4, 0.5) is 0 Å². The van der Waals surface area contributed by atoms with Crippen LogP contribution < -0.4 is 0 Å². The van der Waals surface area contributed by atoms with Crippen LogP contribution in [0.2, 0.25) is 0 Å². The summed E-state index contributed by atoms with van der Waals surface area (Å²) in [5.74, 6) is 0. The summed E-state index contributed by atoms with van der Waals surface area (Å²) in [5, 5.41) is 5.43. The molecule has 0 aliphatic carbocycles. The average molecular weight is 391 g/mol. The molecule has 148 valence electrons. The van der Waals surface area contributed by atoms with E-state index in [1.165, 1.54) is 43.6 Å². The van der Waals surface area contributed by atoms with E-state index in [1.807, 2.05) is 0 Å². The number of para-hydroxylation sites is 4. The predicted molar refractivity (Wildman–Crippen MR) is 130 cm³/mol. The topological polar surface area (TPSA) is 9.86 Å². The van der Waals surface area contributed by atoms with E-state index in [9.17, 15) is 0 Å². The van der Waals surface area contributed by atoms with E-state index in [1.54, 1.807) is 0 Å². The summed E-state index contributed by atoms with van der Waals surface area (Å²) in [6, 6.07) is 34.4. The molecule has 2 nitrogen and oxygen atoms in total. The van der Waals surface area contributed by atoms with E-state index in [-0.39, 0.29) is 0 Å². The van der Waals surface area contributed by atoms with Gasteiger partial charge in [-0.3, -0.25) is 0 Å². The Morgan fingerprint density at radius 2 is 0.633 bits per heavy atom. The molecule has 30 heavy (non-hydrogen) atoms. The van der Waals surface area contributed by atoms with Crippen molar-refractivity contribution in [3.8, 4) is 0 Å². The normalized spacial score (nSPS) is 11.3. The Morgan fingerprint density at radius 3 is 0.867 bits per heavy atom. The highest BCUT2D eigenvalue weighted by atomic mass is 15.0. The third-order valence-corrected chi connectivity index (χ3v) is 5.99. The number of fused-ring (bicyclic) bond motifs is 6. The van der Waals surface area contributed by atoms with Gasteiger partial charge in [0.25, 0.3) is 0 Å². The number of hydrogen-bond donors (Lipinski definition) is 0. The van der Waals surface area contributed by atoms with E-state index in [4.69, 9.17) is 0 Å². The van der Waals surface area contributed by atoms with Crippen molar-refractivity contribution in [3.05, 3.63) is 97.1 Å². The molecule has 0 unspecified atom stereocenters. The number of hydrogen-bond acceptors (Lipinski definition) is 0. The summed E-state index contributed by atoms with van der Waals surface area (Å²) in [6.45, 7) is 6.43. The highest BCUT2D eigenvalue weighted by Gasteiger charge is 2.08. The van der Waals surface area contributed by atoms with Gasteiger partial charge < -0.3 is 9.13 Å². The van der Waals surface area contributed by atoms with Gasteiger partial charge in [-0.1, -0.05) is 72.8 Å². The van der Waals surface area contributed by atoms with Crippen LogP contribution in [-0.2, 0) is 13.1 Å². The molecule has 2 heterocycles. The summed E-state index contributed by atoms with van der Waals surface area (Å²) in [4.78, 5) is 0. The second kappa shape index (κ2) is 7.72. The molecule has 6 aromatic rings. The van der Waals surface area contributed by atoms with E-state index < -0.39 is 0 Å². The molecule has 0 atom stereocenters. The number of rotatable bonds is 2. The maximum absolute atomic E-state index is 2.37. The van der Waals surface area contributed by atoms with Gasteiger partial charge in [-0.25, -0.2) is 0 Å². The number of nitrogens with zero attached hydrogens (tertiary/aromatic N) is 2. The van der Waals surface area contributed by atoms with Gasteiger partial charge in [-0.05, 0) is 38.1 Å². The van der Waals surface area contributed by atoms with Crippen molar-refractivity contribution in [2.45, 2.75) is 26.9 Å². The Kier molecular flexibility index (Phi) is 4.76. The van der Waals surface area contributed by atoms with Crippen molar-refractivity contribution in [1.82, 2.24) is 9.13 Å². The zero-order valence-electron chi connectivity index (χ0n) is 17.5. The molecule has 0 aliphatic heterocycles. The van der Waals surface area contributed by atoms with Gasteiger partial charge in [0, 0.05) is 56.7 Å². The Labute approximate surface area is 177 Å². The molecule has 0 saturated carbocycles. The maximum Gasteiger partial charge on any atom is 0.0491 e. The van der Waals surface area contributed by atoms with Crippen molar-refractivity contribution >= 4 is 43.6 Å². The maximum atomic E-state index is 2.37. The minimum absolute atomic E-state index is 1.02. The lowest BCUT2D eigenvalue weighted by Crippen LogP contribution is -1.91. The smallest absolute Gasteiger partial charge is 0.0491 e. The van der Waals surface area contributed by atoms with E-state index in [2.05, 4.69) is 120 Å². The first kappa shape index (κ1) is 18.5. The molecule has 2 aromatic heterocycles. The van der Waals surface area contributed by atoms with Crippen LogP contribution in [0.15, 0.2) is 97.1 Å². The minimum atomic E-state index is 1.02. The van der Waals surface area contributed by atoms with Gasteiger partial charge in [0.1, 0.15) is 0 Å². The lowest BCUT2D eigenvalue weighted by atomic mass is 10.2. The summed E-state index contributed by atoms with van der Waals surface area (Å²) < 4.78 is 4.73. The van der Waals surface area contributed by atoms with E-state index in [0.717, 1.165) is 13.1 Å². The Balaban J connectivity index is 0.000000128. The zero-order valence-corrected chi connectivity index (χ0v) is 17.5. The molecule has 0 fully saturated rings. The van der Waals surface area contributed by atoms with Crippen molar-refractivity contribution in [3.63, 3.8) is 0 Å². The van der Waals surface area contributed by atoms with Crippen molar-refractivity contribution in [2.24, 2.45) is 0 Å². The number of aromatic nitrogens is 2. The lowest BCUT2D eigenvalue weighted by molar-refractivity contribution is 0.827. The predicted octanol–water partition coefficient (Wildman–Crippen LogP) is 7.63. The van der Waals surface area contributed by atoms with Crippen LogP contribution in [0, 0.1) is 0 Å². The molecule has 0 N–H and O–H groups in total. The van der Waals surface area contributed by atoms with Crippen LogP contribution in [-0.4, -0.2) is 9.13 Å². The van der Waals surface area contributed by atoms with Gasteiger partial charge in [0.15, 0.2) is 0 Å². The van der Waals surface area contributed by atoms with Crippen LogP contribution in [0.3, 0.4) is 0 Å². The van der Waals surface area contributed by atoms with Crippen molar-refractivity contribution < 1.29 is 0 Å². The molecule has 0 saturated heterocycles. The van der Waals surface area contributed by atoms with Crippen LogP contribution in [0.1, 0.15) is 13.8 Å². The molecule has 0 aliphatic rings. The van der Waals surface area contributed by atoms with Crippen LogP contribution in [0.25, 0.3) is 43.6 Å². The zero-order chi connectivity index (χ0) is 20.5. The fraction of sp³-hybridized carbons (Fsp3) is 0.143. The summed E-state index contributed by atoms with van der Waals surface area (Å²) in [7, 11) is 0. The molecular weight excluding hydrogens is 364 g/mol. The monoisotopic (exact) mass is 390 g/mol. The molecular formula is C28H26N2. The minimum Gasteiger partial charge on any atom is -0.341 e. The molecule has 4 aromatic carbocycles. The lowest BCUT2D eigenvalue weighted by Gasteiger charge is -2.01. The first-order valence-corrected chi connectivity index (χ1v) is 10.8.